The summed E-state index contributed by atoms with van der Waals surface area (Å²) in [7, 11) is 0. The van der Waals surface area contributed by atoms with Crippen molar-refractivity contribution >= 4 is 0 Å². The summed E-state index contributed by atoms with van der Waals surface area (Å²) in [5.74, 6) is 0. The van der Waals surface area contributed by atoms with Crippen LogP contribution in [0.3, 0.4) is 0 Å². The van der Waals surface area contributed by atoms with Gasteiger partial charge in [0.1, 0.15) is 0 Å². The third-order valence-corrected chi connectivity index (χ3v) is 4.44. The Bertz CT molecular complexity index is 365. The lowest BCUT2D eigenvalue weighted by atomic mass is 9.56. The molecule has 3 rings (SSSR count). The highest BCUT2D eigenvalue weighted by atomic mass is 14.7. The summed E-state index contributed by atoms with van der Waals surface area (Å²) >= 11 is 0. The summed E-state index contributed by atoms with van der Waals surface area (Å²) in [6.07, 6.45) is 5.56. The van der Waals surface area contributed by atoms with Crippen molar-refractivity contribution in [2.45, 2.75) is 38.0 Å². The van der Waals surface area contributed by atoms with Crippen LogP contribution in [0.25, 0.3) is 0 Å². The van der Waals surface area contributed by atoms with Crippen molar-refractivity contribution in [1.29, 1.82) is 0 Å². The molecule has 1 spiro atoms. The predicted octanol–water partition coefficient (Wildman–Crippen LogP) is 2.77. The van der Waals surface area contributed by atoms with E-state index >= 15 is 0 Å². The highest BCUT2D eigenvalue weighted by Gasteiger charge is 2.60. The molecule has 2 saturated carbocycles. The highest BCUT2D eigenvalue weighted by molar-refractivity contribution is 5.35. The molecule has 2 fully saturated rings. The average Bonchev–Trinajstić information content (AvgIpc) is 2.96. The van der Waals surface area contributed by atoms with E-state index in [-0.39, 0.29) is 0 Å². The maximum absolute atomic E-state index is 5.99. The number of nitrogens with two attached hydrogens (primary N) is 1. The zero-order chi connectivity index (χ0) is 10.5. The van der Waals surface area contributed by atoms with E-state index in [1.54, 1.807) is 0 Å². The van der Waals surface area contributed by atoms with Gasteiger partial charge >= 0.3 is 0 Å². The number of aryl methyl sites for hydroxylation is 1. The second kappa shape index (κ2) is 2.85. The first kappa shape index (κ1) is 9.41. The van der Waals surface area contributed by atoms with Gasteiger partial charge in [-0.05, 0) is 43.6 Å². The van der Waals surface area contributed by atoms with Gasteiger partial charge in [0, 0.05) is 12.0 Å². The Morgan fingerprint density at radius 3 is 2.20 bits per heavy atom. The minimum absolute atomic E-state index is 0.324. The van der Waals surface area contributed by atoms with Crippen molar-refractivity contribution in [3.63, 3.8) is 0 Å². The molecule has 0 aromatic heterocycles. The predicted molar refractivity (Wildman–Crippen MR) is 62.8 cm³/mol. The lowest BCUT2D eigenvalue weighted by molar-refractivity contribution is 0.126. The first-order valence-electron chi connectivity index (χ1n) is 5.95. The van der Waals surface area contributed by atoms with Crippen LogP contribution in [0.2, 0.25) is 0 Å². The minimum atomic E-state index is 0.324. The van der Waals surface area contributed by atoms with Crippen LogP contribution in [0.4, 0.5) is 0 Å². The number of benzene rings is 1. The molecule has 2 aliphatic carbocycles. The largest absolute Gasteiger partial charge is 0.330 e. The molecule has 1 aromatic rings. The van der Waals surface area contributed by atoms with Crippen LogP contribution in [0.15, 0.2) is 24.3 Å². The van der Waals surface area contributed by atoms with Crippen molar-refractivity contribution in [3.8, 4) is 0 Å². The van der Waals surface area contributed by atoms with Crippen molar-refractivity contribution < 1.29 is 0 Å². The molecule has 1 nitrogen and oxygen atoms in total. The molecule has 1 aromatic carbocycles. The van der Waals surface area contributed by atoms with Crippen LogP contribution in [0.1, 0.15) is 36.8 Å². The maximum atomic E-state index is 5.99. The Kier molecular flexibility index (Phi) is 1.79. The fraction of sp³-hybridized carbons (Fsp3) is 0.571. The zero-order valence-electron chi connectivity index (χ0n) is 9.42. The Morgan fingerprint density at radius 2 is 1.73 bits per heavy atom. The molecule has 2 N–H and O–H groups in total. The highest BCUT2D eigenvalue weighted by Crippen LogP contribution is 2.68. The normalized spacial score (nSPS) is 24.9. The SMILES string of the molecule is Cc1ccc(C2(CN)CC3(CC3)C2)cc1. The van der Waals surface area contributed by atoms with Gasteiger partial charge in [-0.25, -0.2) is 0 Å². The summed E-state index contributed by atoms with van der Waals surface area (Å²) in [5.41, 5.74) is 9.84. The van der Waals surface area contributed by atoms with Crippen molar-refractivity contribution in [2.75, 3.05) is 6.54 Å². The average molecular weight is 201 g/mol. The van der Waals surface area contributed by atoms with Gasteiger partial charge in [0.25, 0.3) is 0 Å². The van der Waals surface area contributed by atoms with Gasteiger partial charge in [0.05, 0.1) is 0 Å². The molecule has 15 heavy (non-hydrogen) atoms. The van der Waals surface area contributed by atoms with Crippen molar-refractivity contribution in [2.24, 2.45) is 11.1 Å². The topological polar surface area (TPSA) is 26.0 Å². The second-order valence-electron chi connectivity index (χ2n) is 5.70. The van der Waals surface area contributed by atoms with Crippen LogP contribution in [0, 0.1) is 12.3 Å². The minimum Gasteiger partial charge on any atom is -0.330 e. The van der Waals surface area contributed by atoms with Crippen LogP contribution >= 0.6 is 0 Å². The molecule has 0 atom stereocenters. The Balaban J connectivity index is 1.88. The molecule has 0 saturated heterocycles. The van der Waals surface area contributed by atoms with E-state index in [2.05, 4.69) is 31.2 Å². The van der Waals surface area contributed by atoms with E-state index in [9.17, 15) is 0 Å². The van der Waals surface area contributed by atoms with Gasteiger partial charge < -0.3 is 5.73 Å². The van der Waals surface area contributed by atoms with Crippen LogP contribution in [0.5, 0.6) is 0 Å². The molecule has 80 valence electrons. The molecule has 2 aliphatic rings. The van der Waals surface area contributed by atoms with E-state index in [4.69, 9.17) is 5.73 Å². The molecule has 0 unspecified atom stereocenters. The summed E-state index contributed by atoms with van der Waals surface area (Å²) in [6.45, 7) is 2.96. The number of hydrogen-bond donors (Lipinski definition) is 1. The fourth-order valence-corrected chi connectivity index (χ4v) is 3.29. The summed E-state index contributed by atoms with van der Waals surface area (Å²) in [5, 5.41) is 0. The standard InChI is InChI=1S/C14H19N/c1-11-2-4-12(5-3-11)14(10-15)8-13(9-14)6-7-13/h2-5H,6-10,15H2,1H3. The van der Waals surface area contributed by atoms with Gasteiger partial charge in [-0.15, -0.1) is 0 Å². The van der Waals surface area contributed by atoms with E-state index in [1.165, 1.54) is 36.8 Å². The summed E-state index contributed by atoms with van der Waals surface area (Å²) in [4.78, 5) is 0. The number of rotatable bonds is 2. The first-order valence-corrected chi connectivity index (χ1v) is 5.95. The molecule has 0 heterocycles. The monoisotopic (exact) mass is 201 g/mol. The second-order valence-corrected chi connectivity index (χ2v) is 5.70. The molecular weight excluding hydrogens is 182 g/mol. The Morgan fingerprint density at radius 1 is 1.13 bits per heavy atom. The van der Waals surface area contributed by atoms with Gasteiger partial charge in [0.2, 0.25) is 0 Å². The summed E-state index contributed by atoms with van der Waals surface area (Å²) in [6, 6.07) is 8.98. The fourth-order valence-electron chi connectivity index (χ4n) is 3.29. The molecule has 0 amide bonds. The van der Waals surface area contributed by atoms with Crippen LogP contribution in [-0.4, -0.2) is 6.54 Å². The Hall–Kier alpha value is -0.820. The molecule has 1 heteroatoms. The zero-order valence-corrected chi connectivity index (χ0v) is 9.42. The van der Waals surface area contributed by atoms with Crippen molar-refractivity contribution in [1.82, 2.24) is 0 Å². The lowest BCUT2D eigenvalue weighted by Gasteiger charge is -2.48. The number of hydrogen-bond acceptors (Lipinski definition) is 1. The molecule has 0 aliphatic heterocycles. The smallest absolute Gasteiger partial charge is 0.00861 e. The van der Waals surface area contributed by atoms with Crippen LogP contribution < -0.4 is 5.73 Å². The summed E-state index contributed by atoms with van der Waals surface area (Å²) < 4.78 is 0. The molecular formula is C14H19N. The van der Waals surface area contributed by atoms with E-state index in [1.807, 2.05) is 0 Å². The van der Waals surface area contributed by atoms with Gasteiger partial charge in [-0.2, -0.15) is 0 Å². The third kappa shape index (κ3) is 1.33. The quantitative estimate of drug-likeness (QED) is 0.782. The molecule has 0 radical (unpaired) electrons. The maximum Gasteiger partial charge on any atom is 0.00861 e. The van der Waals surface area contributed by atoms with E-state index < -0.39 is 0 Å². The first-order chi connectivity index (χ1) is 7.18. The Labute approximate surface area is 91.7 Å². The van der Waals surface area contributed by atoms with Gasteiger partial charge in [0.15, 0.2) is 0 Å². The van der Waals surface area contributed by atoms with Crippen molar-refractivity contribution in [3.05, 3.63) is 35.4 Å². The van der Waals surface area contributed by atoms with Gasteiger partial charge in [-0.1, -0.05) is 29.8 Å². The van der Waals surface area contributed by atoms with E-state index in [0.29, 0.717) is 5.41 Å². The molecule has 0 bridgehead atoms. The van der Waals surface area contributed by atoms with E-state index in [0.717, 1.165) is 12.0 Å². The van der Waals surface area contributed by atoms with Gasteiger partial charge in [-0.3, -0.25) is 0 Å². The van der Waals surface area contributed by atoms with Crippen LogP contribution in [-0.2, 0) is 5.41 Å². The lowest BCUT2D eigenvalue weighted by Crippen LogP contribution is -2.48. The third-order valence-electron chi connectivity index (χ3n) is 4.44.